The summed E-state index contributed by atoms with van der Waals surface area (Å²) < 4.78 is 5.23. The molecule has 20 heavy (non-hydrogen) atoms. The van der Waals surface area contributed by atoms with Gasteiger partial charge in [0, 0.05) is 13.1 Å². The minimum Gasteiger partial charge on any atom is -0.495 e. The lowest BCUT2D eigenvalue weighted by molar-refractivity contribution is -0.124. The second-order valence-corrected chi connectivity index (χ2v) is 5.36. The first-order valence-corrected chi connectivity index (χ1v) is 7.07. The van der Waals surface area contributed by atoms with E-state index in [1.165, 1.54) is 22.7 Å². The first kappa shape index (κ1) is 14.5. The van der Waals surface area contributed by atoms with Gasteiger partial charge in [0.1, 0.15) is 5.75 Å². The predicted molar refractivity (Wildman–Crippen MR) is 79.7 cm³/mol. The van der Waals surface area contributed by atoms with Crippen molar-refractivity contribution in [2.24, 2.45) is 0 Å². The van der Waals surface area contributed by atoms with Gasteiger partial charge in [-0.15, -0.1) is 0 Å². The molecule has 0 saturated carbocycles. The Kier molecular flexibility index (Phi) is 4.34. The molecular weight excluding hydrogens is 276 g/mol. The molecular formula is C14H16N2O3S. The van der Waals surface area contributed by atoms with Gasteiger partial charge >= 0.3 is 0 Å². The van der Waals surface area contributed by atoms with Crippen LogP contribution in [0.15, 0.2) is 29.3 Å². The van der Waals surface area contributed by atoms with E-state index in [4.69, 9.17) is 4.74 Å². The van der Waals surface area contributed by atoms with Crippen LogP contribution in [0.5, 0.6) is 5.75 Å². The molecule has 1 N–H and O–H groups in total. The molecule has 1 fully saturated rings. The number of hydrogen-bond acceptors (Lipinski definition) is 4. The molecule has 0 aliphatic carbocycles. The van der Waals surface area contributed by atoms with E-state index in [0.717, 1.165) is 5.56 Å². The first-order valence-electron chi connectivity index (χ1n) is 6.08. The molecule has 0 radical (unpaired) electrons. The number of ether oxygens (including phenoxy) is 1. The maximum atomic E-state index is 12.0. The van der Waals surface area contributed by atoms with Crippen LogP contribution < -0.4 is 10.1 Å². The normalized spacial score (nSPS) is 16.6. The molecule has 1 aliphatic rings. The second kappa shape index (κ2) is 6.00. The van der Waals surface area contributed by atoms with E-state index in [0.29, 0.717) is 22.2 Å². The third-order valence-electron chi connectivity index (χ3n) is 3.01. The van der Waals surface area contributed by atoms with Crippen LogP contribution in [0.3, 0.4) is 0 Å². The van der Waals surface area contributed by atoms with Crippen LogP contribution in [0.2, 0.25) is 0 Å². The van der Waals surface area contributed by atoms with Crippen molar-refractivity contribution in [3.63, 3.8) is 0 Å². The van der Waals surface area contributed by atoms with Gasteiger partial charge in [-0.1, -0.05) is 23.9 Å². The van der Waals surface area contributed by atoms with Crippen LogP contribution in [0.1, 0.15) is 5.56 Å². The van der Waals surface area contributed by atoms with Gasteiger partial charge in [0.2, 0.25) is 5.91 Å². The molecule has 5 nitrogen and oxygen atoms in total. The van der Waals surface area contributed by atoms with Crippen molar-refractivity contribution in [2.45, 2.75) is 6.92 Å². The number of anilines is 1. The molecule has 1 saturated heterocycles. The van der Waals surface area contributed by atoms with E-state index in [1.54, 1.807) is 20.2 Å². The molecule has 0 spiro atoms. The van der Waals surface area contributed by atoms with Gasteiger partial charge in [-0.05, 0) is 18.6 Å². The zero-order valence-corrected chi connectivity index (χ0v) is 12.4. The number of aryl methyl sites for hydroxylation is 1. The summed E-state index contributed by atoms with van der Waals surface area (Å²) in [6.45, 7) is 1.89. The van der Waals surface area contributed by atoms with Crippen molar-refractivity contribution in [3.8, 4) is 5.75 Å². The van der Waals surface area contributed by atoms with Crippen molar-refractivity contribution in [1.29, 1.82) is 0 Å². The van der Waals surface area contributed by atoms with Gasteiger partial charge in [-0.25, -0.2) is 0 Å². The summed E-state index contributed by atoms with van der Waals surface area (Å²) in [4.78, 5) is 24.9. The van der Waals surface area contributed by atoms with E-state index in [1.807, 2.05) is 19.1 Å². The fourth-order valence-corrected chi connectivity index (χ4v) is 2.78. The molecule has 0 atom stereocenters. The minimum absolute atomic E-state index is 0.00234. The number of benzene rings is 1. The van der Waals surface area contributed by atoms with Gasteiger partial charge in [0.25, 0.3) is 5.91 Å². The van der Waals surface area contributed by atoms with Gasteiger partial charge in [0.05, 0.1) is 23.6 Å². The quantitative estimate of drug-likeness (QED) is 0.866. The topological polar surface area (TPSA) is 58.6 Å². The third-order valence-corrected chi connectivity index (χ3v) is 4.08. The molecule has 0 bridgehead atoms. The summed E-state index contributed by atoms with van der Waals surface area (Å²) in [6, 6.07) is 5.54. The van der Waals surface area contributed by atoms with Gasteiger partial charge in [-0.2, -0.15) is 0 Å². The van der Waals surface area contributed by atoms with Gasteiger partial charge in [0.15, 0.2) is 0 Å². The summed E-state index contributed by atoms with van der Waals surface area (Å²) in [7, 11) is 3.22. The summed E-state index contributed by atoms with van der Waals surface area (Å²) >= 11 is 1.36. The van der Waals surface area contributed by atoms with Crippen molar-refractivity contribution in [2.75, 3.05) is 25.2 Å². The average Bonchev–Trinajstić information content (AvgIpc) is 2.73. The van der Waals surface area contributed by atoms with Crippen LogP contribution in [-0.2, 0) is 9.59 Å². The third kappa shape index (κ3) is 2.96. The number of nitrogens with one attached hydrogen (secondary N) is 1. The van der Waals surface area contributed by atoms with E-state index < -0.39 is 0 Å². The number of carbonyl (C=O) groups excluding carboxylic acids is 2. The Morgan fingerprint density at radius 1 is 1.50 bits per heavy atom. The Labute approximate surface area is 122 Å². The predicted octanol–water partition coefficient (Wildman–Crippen LogP) is 1.99. The van der Waals surface area contributed by atoms with Crippen molar-refractivity contribution < 1.29 is 14.3 Å². The first-order chi connectivity index (χ1) is 9.52. The fraction of sp³-hybridized carbons (Fsp3) is 0.286. The van der Waals surface area contributed by atoms with E-state index >= 15 is 0 Å². The highest BCUT2D eigenvalue weighted by Gasteiger charge is 2.23. The zero-order valence-electron chi connectivity index (χ0n) is 11.6. The summed E-state index contributed by atoms with van der Waals surface area (Å²) in [5.74, 6) is 0.716. The molecule has 1 heterocycles. The van der Waals surface area contributed by atoms with Gasteiger partial charge < -0.3 is 15.0 Å². The van der Waals surface area contributed by atoms with Crippen LogP contribution in [0, 0.1) is 6.92 Å². The monoisotopic (exact) mass is 292 g/mol. The lowest BCUT2D eigenvalue weighted by Crippen LogP contribution is -2.20. The number of hydrogen-bond donors (Lipinski definition) is 1. The molecule has 2 rings (SSSR count). The molecule has 1 aromatic carbocycles. The average molecular weight is 292 g/mol. The number of thioether (sulfide) groups is 1. The molecule has 1 aromatic rings. The molecule has 1 aliphatic heterocycles. The maximum Gasteiger partial charge on any atom is 0.251 e. The SMILES string of the molecule is COc1cccc(C)c1NC(=O)C=C1SCC(=O)N1C. The highest BCUT2D eigenvalue weighted by molar-refractivity contribution is 8.04. The number of nitrogens with zero attached hydrogens (tertiary/aromatic N) is 1. The van der Waals surface area contributed by atoms with Crippen molar-refractivity contribution in [1.82, 2.24) is 4.90 Å². The Morgan fingerprint density at radius 3 is 2.85 bits per heavy atom. The van der Waals surface area contributed by atoms with Crippen LogP contribution >= 0.6 is 11.8 Å². The lowest BCUT2D eigenvalue weighted by Gasteiger charge is -2.13. The number of carbonyl (C=O) groups is 2. The Balaban J connectivity index is 2.17. The lowest BCUT2D eigenvalue weighted by atomic mass is 10.2. The number of amides is 2. The highest BCUT2D eigenvalue weighted by atomic mass is 32.2. The van der Waals surface area contributed by atoms with Gasteiger partial charge in [-0.3, -0.25) is 9.59 Å². The van der Waals surface area contributed by atoms with E-state index in [9.17, 15) is 9.59 Å². The Morgan fingerprint density at radius 2 is 2.25 bits per heavy atom. The molecule has 2 amide bonds. The molecule has 6 heteroatoms. The van der Waals surface area contributed by atoms with Crippen molar-refractivity contribution in [3.05, 3.63) is 34.9 Å². The molecule has 0 unspecified atom stereocenters. The van der Waals surface area contributed by atoms with Crippen LogP contribution in [0.4, 0.5) is 5.69 Å². The fourth-order valence-electron chi connectivity index (χ4n) is 1.83. The van der Waals surface area contributed by atoms with E-state index in [-0.39, 0.29) is 11.8 Å². The Hall–Kier alpha value is -1.95. The maximum absolute atomic E-state index is 12.0. The smallest absolute Gasteiger partial charge is 0.251 e. The minimum atomic E-state index is -0.276. The number of para-hydroxylation sites is 1. The molecule has 106 valence electrons. The second-order valence-electron chi connectivity index (χ2n) is 4.37. The summed E-state index contributed by atoms with van der Waals surface area (Å²) in [6.07, 6.45) is 1.43. The Bertz CT molecular complexity index is 584. The summed E-state index contributed by atoms with van der Waals surface area (Å²) in [5, 5.41) is 3.45. The van der Waals surface area contributed by atoms with Crippen molar-refractivity contribution >= 4 is 29.3 Å². The zero-order chi connectivity index (χ0) is 14.7. The standard InChI is InChI=1S/C14H16N2O3S/c1-9-5-4-6-10(19-3)14(9)15-11(17)7-13-16(2)12(18)8-20-13/h4-7H,8H2,1-3H3,(H,15,17). The molecule has 0 aromatic heterocycles. The van der Waals surface area contributed by atoms with E-state index in [2.05, 4.69) is 5.32 Å². The van der Waals surface area contributed by atoms with Crippen LogP contribution in [-0.4, -0.2) is 36.6 Å². The largest absolute Gasteiger partial charge is 0.495 e. The number of methoxy groups -OCH3 is 1. The number of rotatable bonds is 3. The summed E-state index contributed by atoms with van der Waals surface area (Å²) in [5.41, 5.74) is 1.56. The highest BCUT2D eigenvalue weighted by Crippen LogP contribution is 2.29. The van der Waals surface area contributed by atoms with Crippen LogP contribution in [0.25, 0.3) is 0 Å².